The van der Waals surface area contributed by atoms with Crippen molar-refractivity contribution >= 4 is 0 Å². The van der Waals surface area contributed by atoms with E-state index >= 15 is 0 Å². The Morgan fingerprint density at radius 2 is 1.71 bits per heavy atom. The van der Waals surface area contributed by atoms with Gasteiger partial charge in [0, 0.05) is 0 Å². The number of hydrogen-bond donors (Lipinski definition) is 4. The molecule has 118 valence electrons. The monoisotopic (exact) mass is 300 g/mol. The van der Waals surface area contributed by atoms with Gasteiger partial charge < -0.3 is 34.6 Å². The van der Waals surface area contributed by atoms with Gasteiger partial charge in [-0.05, 0) is 17.7 Å². The topological polar surface area (TPSA) is 109 Å². The molecule has 1 aliphatic rings. The average Bonchev–Trinajstić information content (AvgIpc) is 2.52. The van der Waals surface area contributed by atoms with E-state index in [-0.39, 0.29) is 6.61 Å². The minimum absolute atomic E-state index is 0.146. The molecule has 0 aliphatic carbocycles. The second kappa shape index (κ2) is 7.17. The minimum atomic E-state index is -1.43. The van der Waals surface area contributed by atoms with Crippen LogP contribution in [0.4, 0.5) is 0 Å². The highest BCUT2D eigenvalue weighted by atomic mass is 16.7. The van der Waals surface area contributed by atoms with Gasteiger partial charge in [0.25, 0.3) is 0 Å². The Morgan fingerprint density at radius 3 is 2.29 bits per heavy atom. The summed E-state index contributed by atoms with van der Waals surface area (Å²) in [7, 11) is 1.57. The fourth-order valence-corrected chi connectivity index (χ4v) is 2.11. The molecule has 7 heteroatoms. The van der Waals surface area contributed by atoms with Crippen molar-refractivity contribution in [3.05, 3.63) is 29.8 Å². The second-order valence-corrected chi connectivity index (χ2v) is 4.86. The third-order valence-electron chi connectivity index (χ3n) is 3.42. The molecule has 0 bridgehead atoms. The van der Waals surface area contributed by atoms with Gasteiger partial charge in [0.2, 0.25) is 0 Å². The van der Waals surface area contributed by atoms with Crippen molar-refractivity contribution in [2.75, 3.05) is 13.7 Å². The third kappa shape index (κ3) is 3.70. The van der Waals surface area contributed by atoms with Gasteiger partial charge in [-0.15, -0.1) is 0 Å². The summed E-state index contributed by atoms with van der Waals surface area (Å²) in [5, 5.41) is 38.2. The summed E-state index contributed by atoms with van der Waals surface area (Å²) >= 11 is 0. The van der Waals surface area contributed by atoms with Crippen LogP contribution in [-0.2, 0) is 16.1 Å². The number of rotatable bonds is 5. The number of aliphatic hydroxyl groups is 4. The Labute approximate surface area is 122 Å². The second-order valence-electron chi connectivity index (χ2n) is 4.86. The normalized spacial score (nSPS) is 32.9. The van der Waals surface area contributed by atoms with Crippen molar-refractivity contribution < 1.29 is 34.6 Å². The van der Waals surface area contributed by atoms with Gasteiger partial charge in [-0.2, -0.15) is 0 Å². The van der Waals surface area contributed by atoms with Crippen molar-refractivity contribution in [3.8, 4) is 5.75 Å². The molecular weight excluding hydrogens is 280 g/mol. The summed E-state index contributed by atoms with van der Waals surface area (Å²) < 4.78 is 15.7. The molecule has 1 aromatic rings. The summed E-state index contributed by atoms with van der Waals surface area (Å²) in [6, 6.07) is 7.13. The molecule has 0 spiro atoms. The SMILES string of the molecule is COc1ccc(CO[C@@H]2O[C@H](CO)[C@@H](O)[C@H](O)[C@H]2O)cc1. The van der Waals surface area contributed by atoms with Crippen LogP contribution in [0.1, 0.15) is 5.56 Å². The number of benzene rings is 1. The van der Waals surface area contributed by atoms with Gasteiger partial charge in [0.1, 0.15) is 30.2 Å². The lowest BCUT2D eigenvalue weighted by Gasteiger charge is -2.39. The highest BCUT2D eigenvalue weighted by Crippen LogP contribution is 2.23. The average molecular weight is 300 g/mol. The van der Waals surface area contributed by atoms with Crippen molar-refractivity contribution in [2.45, 2.75) is 37.3 Å². The summed E-state index contributed by atoms with van der Waals surface area (Å²) in [5.41, 5.74) is 0.827. The van der Waals surface area contributed by atoms with Crippen molar-refractivity contribution in [1.82, 2.24) is 0 Å². The standard InChI is InChI=1S/C14H20O7/c1-19-9-4-2-8(3-5-9)7-20-14-13(18)12(17)11(16)10(6-15)21-14/h2-5,10-18H,6-7H2,1H3/t10-,11-,12+,13-,14-/m1/s1. The van der Waals surface area contributed by atoms with Crippen LogP contribution >= 0.6 is 0 Å². The van der Waals surface area contributed by atoms with E-state index in [0.717, 1.165) is 5.56 Å². The molecular formula is C14H20O7. The van der Waals surface area contributed by atoms with Crippen molar-refractivity contribution in [2.24, 2.45) is 0 Å². The van der Waals surface area contributed by atoms with E-state index in [9.17, 15) is 15.3 Å². The number of methoxy groups -OCH3 is 1. The van der Waals surface area contributed by atoms with E-state index in [4.69, 9.17) is 19.3 Å². The highest BCUT2D eigenvalue weighted by Gasteiger charge is 2.43. The summed E-state index contributed by atoms with van der Waals surface area (Å²) in [4.78, 5) is 0. The van der Waals surface area contributed by atoms with Crippen LogP contribution in [0, 0.1) is 0 Å². The number of ether oxygens (including phenoxy) is 3. The maximum Gasteiger partial charge on any atom is 0.187 e. The van der Waals surface area contributed by atoms with E-state index in [0.29, 0.717) is 5.75 Å². The molecule has 0 aromatic heterocycles. The van der Waals surface area contributed by atoms with Gasteiger partial charge in [-0.1, -0.05) is 12.1 Å². The van der Waals surface area contributed by atoms with Crippen molar-refractivity contribution in [1.29, 1.82) is 0 Å². The fourth-order valence-electron chi connectivity index (χ4n) is 2.11. The van der Waals surface area contributed by atoms with E-state index < -0.39 is 37.3 Å². The first-order valence-corrected chi connectivity index (χ1v) is 6.62. The summed E-state index contributed by atoms with van der Waals surface area (Å²) in [5.74, 6) is 0.714. The Kier molecular flexibility index (Phi) is 5.51. The van der Waals surface area contributed by atoms with Gasteiger partial charge in [0.15, 0.2) is 6.29 Å². The summed E-state index contributed by atoms with van der Waals surface area (Å²) in [6.07, 6.45) is -6.30. The molecule has 7 nitrogen and oxygen atoms in total. The summed E-state index contributed by atoms with van der Waals surface area (Å²) in [6.45, 7) is -0.333. The van der Waals surface area contributed by atoms with Crippen LogP contribution < -0.4 is 4.74 Å². The molecule has 1 aliphatic heterocycles. The van der Waals surface area contributed by atoms with Crippen LogP contribution in [0.15, 0.2) is 24.3 Å². The smallest absolute Gasteiger partial charge is 0.187 e. The third-order valence-corrected chi connectivity index (χ3v) is 3.42. The molecule has 1 aromatic carbocycles. The van der Waals surface area contributed by atoms with E-state index in [2.05, 4.69) is 0 Å². The highest BCUT2D eigenvalue weighted by molar-refractivity contribution is 5.26. The predicted octanol–water partition coefficient (Wildman–Crippen LogP) is -0.988. The zero-order valence-corrected chi connectivity index (χ0v) is 11.6. The molecule has 1 heterocycles. The quantitative estimate of drug-likeness (QED) is 0.553. The Bertz CT molecular complexity index is 433. The molecule has 0 saturated carbocycles. The molecule has 2 rings (SSSR count). The zero-order chi connectivity index (χ0) is 15.4. The van der Waals surface area contributed by atoms with Crippen LogP contribution in [-0.4, -0.2) is 64.8 Å². The first-order valence-electron chi connectivity index (χ1n) is 6.62. The molecule has 4 N–H and O–H groups in total. The first-order chi connectivity index (χ1) is 10.1. The lowest BCUT2D eigenvalue weighted by atomic mass is 9.99. The fraction of sp³-hybridized carbons (Fsp3) is 0.571. The van der Waals surface area contributed by atoms with Gasteiger partial charge >= 0.3 is 0 Å². The molecule has 0 amide bonds. The lowest BCUT2D eigenvalue weighted by molar-refractivity contribution is -0.304. The largest absolute Gasteiger partial charge is 0.497 e. The zero-order valence-electron chi connectivity index (χ0n) is 11.6. The maximum atomic E-state index is 9.82. The first kappa shape index (κ1) is 16.2. The lowest BCUT2D eigenvalue weighted by Crippen LogP contribution is -2.59. The molecule has 21 heavy (non-hydrogen) atoms. The van der Waals surface area contributed by atoms with Gasteiger partial charge in [-0.25, -0.2) is 0 Å². The van der Waals surface area contributed by atoms with Crippen LogP contribution in [0.25, 0.3) is 0 Å². The van der Waals surface area contributed by atoms with E-state index in [1.807, 2.05) is 0 Å². The van der Waals surface area contributed by atoms with E-state index in [1.54, 1.807) is 31.4 Å². The van der Waals surface area contributed by atoms with Gasteiger partial charge in [0.05, 0.1) is 20.3 Å². The predicted molar refractivity (Wildman–Crippen MR) is 71.6 cm³/mol. The van der Waals surface area contributed by atoms with Crippen molar-refractivity contribution in [3.63, 3.8) is 0 Å². The Hall–Kier alpha value is -1.22. The van der Waals surface area contributed by atoms with Crippen LogP contribution in [0.2, 0.25) is 0 Å². The molecule has 0 unspecified atom stereocenters. The number of aliphatic hydroxyl groups excluding tert-OH is 4. The molecule has 1 fully saturated rings. The minimum Gasteiger partial charge on any atom is -0.497 e. The van der Waals surface area contributed by atoms with Crippen LogP contribution in [0.5, 0.6) is 5.75 Å². The number of hydrogen-bond acceptors (Lipinski definition) is 7. The Balaban J connectivity index is 1.94. The molecule has 0 radical (unpaired) electrons. The maximum absolute atomic E-state index is 9.82. The Morgan fingerprint density at radius 1 is 1.05 bits per heavy atom. The van der Waals surface area contributed by atoms with Gasteiger partial charge in [-0.3, -0.25) is 0 Å². The molecule has 1 saturated heterocycles. The van der Waals surface area contributed by atoms with E-state index in [1.165, 1.54) is 0 Å². The van der Waals surface area contributed by atoms with Crippen LogP contribution in [0.3, 0.4) is 0 Å². The molecule has 5 atom stereocenters.